The van der Waals surface area contributed by atoms with Crippen molar-refractivity contribution in [1.82, 2.24) is 4.90 Å². The van der Waals surface area contributed by atoms with Crippen LogP contribution in [0.15, 0.2) is 54.6 Å². The molecule has 1 saturated heterocycles. The number of ether oxygens (including phenoxy) is 1. The zero-order valence-corrected chi connectivity index (χ0v) is 13.6. The van der Waals surface area contributed by atoms with E-state index in [1.54, 1.807) is 0 Å². The molecule has 2 aromatic carbocycles. The molecule has 1 unspecified atom stereocenters. The number of carbonyl (C=O) groups is 1. The van der Waals surface area contributed by atoms with Crippen LogP contribution in [-0.4, -0.2) is 23.0 Å². The zero-order chi connectivity index (χ0) is 16.1. The van der Waals surface area contributed by atoms with Crippen LogP contribution in [0.1, 0.15) is 41.8 Å². The first-order valence-electron chi connectivity index (χ1n) is 8.17. The van der Waals surface area contributed by atoms with Crippen LogP contribution in [0.25, 0.3) is 0 Å². The van der Waals surface area contributed by atoms with Crippen molar-refractivity contribution in [3.63, 3.8) is 0 Å². The number of benzene rings is 2. The van der Waals surface area contributed by atoms with Gasteiger partial charge in [0.1, 0.15) is 0 Å². The Morgan fingerprint density at radius 3 is 2.52 bits per heavy atom. The van der Waals surface area contributed by atoms with E-state index in [1.165, 1.54) is 5.56 Å². The fraction of sp³-hybridized carbons (Fsp3) is 0.350. The van der Waals surface area contributed by atoms with Gasteiger partial charge in [0.05, 0.1) is 12.1 Å². The van der Waals surface area contributed by atoms with E-state index in [-0.39, 0.29) is 11.5 Å². The van der Waals surface area contributed by atoms with Crippen molar-refractivity contribution in [2.24, 2.45) is 0 Å². The number of fused-ring (bicyclic) bond motifs is 3. The predicted molar refractivity (Wildman–Crippen MR) is 89.1 cm³/mol. The van der Waals surface area contributed by atoms with E-state index in [0.29, 0.717) is 6.54 Å². The Labute approximate surface area is 136 Å². The smallest absolute Gasteiger partial charge is 0.256 e. The van der Waals surface area contributed by atoms with Crippen LogP contribution in [0, 0.1) is 0 Å². The van der Waals surface area contributed by atoms with Crippen LogP contribution in [0.4, 0.5) is 0 Å². The van der Waals surface area contributed by atoms with Gasteiger partial charge in [0.15, 0.2) is 5.72 Å². The zero-order valence-electron chi connectivity index (χ0n) is 13.6. The topological polar surface area (TPSA) is 29.5 Å². The molecule has 2 aliphatic rings. The molecule has 0 spiro atoms. The van der Waals surface area contributed by atoms with E-state index >= 15 is 0 Å². The second-order valence-corrected chi connectivity index (χ2v) is 7.07. The Balaban J connectivity index is 1.74. The molecule has 0 saturated carbocycles. The van der Waals surface area contributed by atoms with Gasteiger partial charge in [-0.3, -0.25) is 4.79 Å². The number of aryl methyl sites for hydroxylation is 1. The van der Waals surface area contributed by atoms with Crippen LogP contribution >= 0.6 is 0 Å². The number of hydrogen-bond acceptors (Lipinski definition) is 2. The van der Waals surface area contributed by atoms with E-state index in [1.807, 2.05) is 35.2 Å². The van der Waals surface area contributed by atoms with Crippen molar-refractivity contribution in [3.05, 3.63) is 71.3 Å². The highest BCUT2D eigenvalue weighted by molar-refractivity contribution is 6.00. The Kier molecular flexibility index (Phi) is 3.10. The second-order valence-electron chi connectivity index (χ2n) is 7.07. The molecule has 4 rings (SSSR count). The van der Waals surface area contributed by atoms with Crippen molar-refractivity contribution < 1.29 is 9.53 Å². The Morgan fingerprint density at radius 1 is 1.04 bits per heavy atom. The normalized spacial score (nSPS) is 24.6. The molecule has 0 radical (unpaired) electrons. The minimum atomic E-state index is -0.618. The maximum absolute atomic E-state index is 12.8. The lowest BCUT2D eigenvalue weighted by Gasteiger charge is -2.32. The third-order valence-electron chi connectivity index (χ3n) is 4.84. The summed E-state index contributed by atoms with van der Waals surface area (Å²) in [5.41, 5.74) is 2.14. The molecule has 0 bridgehead atoms. The monoisotopic (exact) mass is 307 g/mol. The third-order valence-corrected chi connectivity index (χ3v) is 4.84. The van der Waals surface area contributed by atoms with Gasteiger partial charge >= 0.3 is 0 Å². The summed E-state index contributed by atoms with van der Waals surface area (Å²) in [6.45, 7) is 4.76. The van der Waals surface area contributed by atoms with Crippen LogP contribution in [0.2, 0.25) is 0 Å². The van der Waals surface area contributed by atoms with Crippen molar-refractivity contribution in [2.45, 2.75) is 38.0 Å². The van der Waals surface area contributed by atoms with Crippen molar-refractivity contribution in [3.8, 4) is 0 Å². The van der Waals surface area contributed by atoms with E-state index < -0.39 is 5.72 Å². The molecule has 1 amide bonds. The van der Waals surface area contributed by atoms with Crippen molar-refractivity contribution >= 4 is 5.91 Å². The maximum Gasteiger partial charge on any atom is 0.256 e. The molecule has 2 aliphatic heterocycles. The maximum atomic E-state index is 12.8. The van der Waals surface area contributed by atoms with E-state index in [2.05, 4.69) is 38.1 Å². The van der Waals surface area contributed by atoms with Gasteiger partial charge in [0, 0.05) is 17.5 Å². The SMILES string of the molecule is CC1(C)CN2C(=O)c3ccccc3C2(CCc2ccccc2)O1. The molecule has 23 heavy (non-hydrogen) atoms. The average Bonchev–Trinajstić information content (AvgIpc) is 2.95. The van der Waals surface area contributed by atoms with Gasteiger partial charge in [-0.2, -0.15) is 0 Å². The molecular weight excluding hydrogens is 286 g/mol. The number of rotatable bonds is 3. The van der Waals surface area contributed by atoms with E-state index in [4.69, 9.17) is 4.74 Å². The number of nitrogens with zero attached hydrogens (tertiary/aromatic N) is 1. The largest absolute Gasteiger partial charge is 0.343 e. The highest BCUT2D eigenvalue weighted by Crippen LogP contribution is 2.50. The van der Waals surface area contributed by atoms with Crippen LogP contribution in [0.3, 0.4) is 0 Å². The first kappa shape index (κ1) is 14.5. The molecule has 1 fully saturated rings. The van der Waals surface area contributed by atoms with Gasteiger partial charge in [0.25, 0.3) is 5.91 Å². The number of amides is 1. The lowest BCUT2D eigenvalue weighted by atomic mass is 9.94. The summed E-state index contributed by atoms with van der Waals surface area (Å²) in [6, 6.07) is 18.3. The summed E-state index contributed by atoms with van der Waals surface area (Å²) in [7, 11) is 0. The molecule has 3 heteroatoms. The molecule has 118 valence electrons. The quantitative estimate of drug-likeness (QED) is 0.864. The Bertz CT molecular complexity index is 753. The molecular formula is C20H21NO2. The lowest BCUT2D eigenvalue weighted by Crippen LogP contribution is -2.39. The first-order chi connectivity index (χ1) is 11.0. The fourth-order valence-corrected chi connectivity index (χ4v) is 3.92. The molecule has 0 N–H and O–H groups in total. The second kappa shape index (κ2) is 4.93. The summed E-state index contributed by atoms with van der Waals surface area (Å²) >= 11 is 0. The van der Waals surface area contributed by atoms with Gasteiger partial charge in [-0.1, -0.05) is 48.5 Å². The molecule has 0 aliphatic carbocycles. The summed E-state index contributed by atoms with van der Waals surface area (Å²) in [5, 5.41) is 0. The van der Waals surface area contributed by atoms with Crippen LogP contribution in [0.5, 0.6) is 0 Å². The fourth-order valence-electron chi connectivity index (χ4n) is 3.92. The molecule has 2 heterocycles. The lowest BCUT2D eigenvalue weighted by molar-refractivity contribution is -0.125. The summed E-state index contributed by atoms with van der Waals surface area (Å²) in [6.07, 6.45) is 1.66. The minimum Gasteiger partial charge on any atom is -0.343 e. The van der Waals surface area contributed by atoms with Gasteiger partial charge in [-0.15, -0.1) is 0 Å². The molecule has 0 aromatic heterocycles. The summed E-state index contributed by atoms with van der Waals surface area (Å²) in [4.78, 5) is 14.8. The Hall–Kier alpha value is -2.13. The molecule has 1 atom stereocenters. The minimum absolute atomic E-state index is 0.0965. The van der Waals surface area contributed by atoms with Crippen LogP contribution < -0.4 is 0 Å². The van der Waals surface area contributed by atoms with Crippen molar-refractivity contribution in [1.29, 1.82) is 0 Å². The Morgan fingerprint density at radius 2 is 1.74 bits per heavy atom. The van der Waals surface area contributed by atoms with Crippen LogP contribution in [-0.2, 0) is 16.9 Å². The van der Waals surface area contributed by atoms with E-state index in [9.17, 15) is 4.79 Å². The summed E-state index contributed by atoms with van der Waals surface area (Å²) < 4.78 is 6.48. The standard InChI is InChI=1S/C20H21NO2/c1-19(2)14-21-18(22)16-10-6-7-11-17(16)20(21,23-19)13-12-15-8-4-3-5-9-15/h3-11H,12-14H2,1-2H3. The third kappa shape index (κ3) is 2.19. The molecule has 2 aromatic rings. The number of hydrogen-bond donors (Lipinski definition) is 0. The average molecular weight is 307 g/mol. The highest BCUT2D eigenvalue weighted by Gasteiger charge is 2.58. The van der Waals surface area contributed by atoms with Gasteiger partial charge in [-0.05, 0) is 31.9 Å². The van der Waals surface area contributed by atoms with Gasteiger partial charge in [-0.25, -0.2) is 0 Å². The van der Waals surface area contributed by atoms with Gasteiger partial charge in [0.2, 0.25) is 0 Å². The van der Waals surface area contributed by atoms with Crippen molar-refractivity contribution in [2.75, 3.05) is 6.54 Å². The van der Waals surface area contributed by atoms with Gasteiger partial charge < -0.3 is 9.64 Å². The highest BCUT2D eigenvalue weighted by atomic mass is 16.6. The first-order valence-corrected chi connectivity index (χ1v) is 8.17. The summed E-state index contributed by atoms with van der Waals surface area (Å²) in [5.74, 6) is 0.0965. The predicted octanol–water partition coefficient (Wildman–Crippen LogP) is 3.74. The number of carbonyl (C=O) groups excluding carboxylic acids is 1. The van der Waals surface area contributed by atoms with E-state index in [0.717, 1.165) is 24.0 Å². The molecule has 3 nitrogen and oxygen atoms in total.